The first-order valence-corrected chi connectivity index (χ1v) is 9.68. The molecule has 10 heteroatoms. The van der Waals surface area contributed by atoms with Gasteiger partial charge in [0.25, 0.3) is 5.69 Å². The number of nitro benzene ring substituents is 1. The highest BCUT2D eigenvalue weighted by Crippen LogP contribution is 2.32. The van der Waals surface area contributed by atoms with Gasteiger partial charge in [-0.25, -0.2) is 8.42 Å². The Bertz CT molecular complexity index is 865. The highest BCUT2D eigenvalue weighted by Gasteiger charge is 2.32. The molecule has 0 amide bonds. The third-order valence-electron chi connectivity index (χ3n) is 3.94. The first-order chi connectivity index (χ1) is 11.4. The molecule has 1 atom stereocenters. The lowest BCUT2D eigenvalue weighted by atomic mass is 10.0. The van der Waals surface area contributed by atoms with E-state index in [1.165, 1.54) is 33.8 Å². The van der Waals surface area contributed by atoms with Crippen molar-refractivity contribution in [3.63, 3.8) is 0 Å². The lowest BCUT2D eigenvalue weighted by Gasteiger charge is -2.30. The maximum atomic E-state index is 12.8. The molecule has 0 saturated carbocycles. The summed E-state index contributed by atoms with van der Waals surface area (Å²) in [5, 5.41) is 20.7. The molecule has 0 aliphatic carbocycles. The van der Waals surface area contributed by atoms with Gasteiger partial charge >= 0.3 is 0 Å². The fourth-order valence-corrected chi connectivity index (χ4v) is 5.13. The van der Waals surface area contributed by atoms with Crippen LogP contribution in [-0.2, 0) is 10.0 Å². The second-order valence-electron chi connectivity index (χ2n) is 5.62. The summed E-state index contributed by atoms with van der Waals surface area (Å²) >= 11 is 1.48. The monoisotopic (exact) mass is 368 g/mol. The van der Waals surface area contributed by atoms with Crippen molar-refractivity contribution in [2.75, 3.05) is 13.1 Å². The molecule has 0 N–H and O–H groups in total. The third-order valence-corrected chi connectivity index (χ3v) is 6.80. The van der Waals surface area contributed by atoms with Crippen molar-refractivity contribution >= 4 is 27.0 Å². The molecule has 1 unspecified atom stereocenters. The molecular weight excluding hydrogens is 352 g/mol. The zero-order valence-electron chi connectivity index (χ0n) is 13.0. The smallest absolute Gasteiger partial charge is 0.258 e. The van der Waals surface area contributed by atoms with Gasteiger partial charge in [-0.15, -0.1) is 21.5 Å². The van der Waals surface area contributed by atoms with E-state index in [4.69, 9.17) is 0 Å². The van der Waals surface area contributed by atoms with Gasteiger partial charge in [-0.2, -0.15) is 4.31 Å². The van der Waals surface area contributed by atoms with Crippen molar-refractivity contribution in [2.45, 2.75) is 30.6 Å². The molecule has 128 valence electrons. The number of aryl methyl sites for hydroxylation is 1. The first-order valence-electron chi connectivity index (χ1n) is 7.42. The van der Waals surface area contributed by atoms with Crippen LogP contribution in [0, 0.1) is 17.0 Å². The number of sulfonamides is 1. The number of nitro groups is 1. The number of nitrogens with zero attached hydrogens (tertiary/aromatic N) is 4. The standard InChI is InChI=1S/C14H16N4O4S2/c1-10-15-16-14(23-10)11-4-3-7-17(9-11)24(21,22)13-6-2-5-12(8-13)18(19)20/h2,5-6,8,11H,3-4,7,9H2,1H3. The summed E-state index contributed by atoms with van der Waals surface area (Å²) in [6.07, 6.45) is 1.58. The van der Waals surface area contributed by atoms with E-state index in [2.05, 4.69) is 10.2 Å². The van der Waals surface area contributed by atoms with Crippen LogP contribution in [-0.4, -0.2) is 40.9 Å². The van der Waals surface area contributed by atoms with Gasteiger partial charge < -0.3 is 0 Å². The van der Waals surface area contributed by atoms with E-state index < -0.39 is 14.9 Å². The number of non-ortho nitro benzene ring substituents is 1. The van der Waals surface area contributed by atoms with E-state index in [1.807, 2.05) is 6.92 Å². The van der Waals surface area contributed by atoms with Gasteiger partial charge in [-0.05, 0) is 25.8 Å². The molecule has 0 bridgehead atoms. The topological polar surface area (TPSA) is 106 Å². The summed E-state index contributed by atoms with van der Waals surface area (Å²) in [7, 11) is -3.77. The molecule has 0 radical (unpaired) electrons. The van der Waals surface area contributed by atoms with Crippen molar-refractivity contribution in [2.24, 2.45) is 0 Å². The molecule has 1 aliphatic heterocycles. The molecule has 3 rings (SSSR count). The van der Waals surface area contributed by atoms with Crippen LogP contribution in [0.4, 0.5) is 5.69 Å². The van der Waals surface area contributed by atoms with Crippen LogP contribution in [0.2, 0.25) is 0 Å². The van der Waals surface area contributed by atoms with E-state index in [9.17, 15) is 18.5 Å². The molecule has 2 heterocycles. The maximum absolute atomic E-state index is 12.8. The summed E-state index contributed by atoms with van der Waals surface area (Å²) in [6, 6.07) is 5.16. The lowest BCUT2D eigenvalue weighted by Crippen LogP contribution is -2.39. The molecule has 1 saturated heterocycles. The second kappa shape index (κ2) is 6.54. The Balaban J connectivity index is 1.86. The minimum atomic E-state index is -3.77. The van der Waals surface area contributed by atoms with E-state index in [0.29, 0.717) is 13.1 Å². The molecule has 1 aromatic carbocycles. The summed E-state index contributed by atoms with van der Waals surface area (Å²) < 4.78 is 27.0. The highest BCUT2D eigenvalue weighted by molar-refractivity contribution is 7.89. The Morgan fingerprint density at radius 2 is 2.17 bits per heavy atom. The molecule has 1 aliphatic rings. The van der Waals surface area contributed by atoms with Crippen LogP contribution in [0.25, 0.3) is 0 Å². The minimum Gasteiger partial charge on any atom is -0.258 e. The van der Waals surface area contributed by atoms with Gasteiger partial charge in [0.05, 0.1) is 9.82 Å². The SMILES string of the molecule is Cc1nnc(C2CCCN(S(=O)(=O)c3cccc([N+](=O)[O-])c3)C2)s1. The van der Waals surface area contributed by atoms with E-state index in [1.54, 1.807) is 0 Å². The number of aromatic nitrogens is 2. The van der Waals surface area contributed by atoms with E-state index in [0.717, 1.165) is 28.9 Å². The van der Waals surface area contributed by atoms with Gasteiger partial charge in [0.15, 0.2) is 0 Å². The van der Waals surface area contributed by atoms with Crippen LogP contribution in [0.15, 0.2) is 29.2 Å². The average Bonchev–Trinajstić information content (AvgIpc) is 3.01. The van der Waals surface area contributed by atoms with Crippen molar-refractivity contribution in [1.82, 2.24) is 14.5 Å². The van der Waals surface area contributed by atoms with Gasteiger partial charge in [-0.1, -0.05) is 6.07 Å². The molecule has 1 aromatic heterocycles. The normalized spacial score (nSPS) is 19.3. The zero-order chi connectivity index (χ0) is 17.3. The Morgan fingerprint density at radius 3 is 2.83 bits per heavy atom. The summed E-state index contributed by atoms with van der Waals surface area (Å²) in [5.74, 6) is 0.0124. The van der Waals surface area contributed by atoms with Crippen molar-refractivity contribution < 1.29 is 13.3 Å². The average molecular weight is 368 g/mol. The Hall–Kier alpha value is -1.91. The van der Waals surface area contributed by atoms with Crippen LogP contribution in [0.5, 0.6) is 0 Å². The summed E-state index contributed by atoms with van der Waals surface area (Å²) in [4.78, 5) is 10.2. The largest absolute Gasteiger partial charge is 0.270 e. The van der Waals surface area contributed by atoms with Gasteiger partial charge in [0.2, 0.25) is 10.0 Å². The number of rotatable bonds is 4. The fraction of sp³-hybridized carbons (Fsp3) is 0.429. The first kappa shape index (κ1) is 16.9. The fourth-order valence-electron chi connectivity index (χ4n) is 2.75. The van der Waals surface area contributed by atoms with Gasteiger partial charge in [-0.3, -0.25) is 10.1 Å². The zero-order valence-corrected chi connectivity index (χ0v) is 14.6. The van der Waals surface area contributed by atoms with Crippen LogP contribution in [0.1, 0.15) is 28.8 Å². The predicted molar refractivity (Wildman–Crippen MR) is 88.5 cm³/mol. The van der Waals surface area contributed by atoms with Crippen molar-refractivity contribution in [3.8, 4) is 0 Å². The van der Waals surface area contributed by atoms with Crippen molar-refractivity contribution in [1.29, 1.82) is 0 Å². The van der Waals surface area contributed by atoms with Crippen molar-refractivity contribution in [3.05, 3.63) is 44.4 Å². The van der Waals surface area contributed by atoms with Crippen LogP contribution >= 0.6 is 11.3 Å². The predicted octanol–water partition coefficient (Wildman–Crippen LogP) is 2.32. The molecule has 2 aromatic rings. The quantitative estimate of drug-likeness (QED) is 0.605. The lowest BCUT2D eigenvalue weighted by molar-refractivity contribution is -0.385. The van der Waals surface area contributed by atoms with Gasteiger partial charge in [0.1, 0.15) is 10.0 Å². The Labute approximate surface area is 143 Å². The number of hydrogen-bond donors (Lipinski definition) is 0. The number of benzene rings is 1. The molecule has 1 fully saturated rings. The molecule has 24 heavy (non-hydrogen) atoms. The van der Waals surface area contributed by atoms with Crippen LogP contribution < -0.4 is 0 Å². The third kappa shape index (κ3) is 3.30. The highest BCUT2D eigenvalue weighted by atomic mass is 32.2. The second-order valence-corrected chi connectivity index (χ2v) is 8.77. The minimum absolute atomic E-state index is 0.0124. The number of hydrogen-bond acceptors (Lipinski definition) is 7. The number of piperidine rings is 1. The van der Waals surface area contributed by atoms with E-state index in [-0.39, 0.29) is 16.5 Å². The molecular formula is C14H16N4O4S2. The summed E-state index contributed by atoms with van der Waals surface area (Å²) in [6.45, 7) is 2.58. The summed E-state index contributed by atoms with van der Waals surface area (Å²) in [5.41, 5.74) is -0.232. The Morgan fingerprint density at radius 1 is 1.38 bits per heavy atom. The molecule has 0 spiro atoms. The molecule has 8 nitrogen and oxygen atoms in total. The Kier molecular flexibility index (Phi) is 4.61. The van der Waals surface area contributed by atoms with Crippen LogP contribution in [0.3, 0.4) is 0 Å². The maximum Gasteiger partial charge on any atom is 0.270 e. The van der Waals surface area contributed by atoms with E-state index >= 15 is 0 Å². The van der Waals surface area contributed by atoms with Gasteiger partial charge in [0, 0.05) is 31.1 Å².